The average Bonchev–Trinajstić information content (AvgIpc) is 3.37. The normalized spacial score (nSPS) is 16.1. The van der Waals surface area contributed by atoms with E-state index >= 15 is 0 Å². The molecule has 0 saturated heterocycles. The third kappa shape index (κ3) is 3.20. The quantitative estimate of drug-likeness (QED) is 0.489. The van der Waals surface area contributed by atoms with Crippen molar-refractivity contribution in [3.63, 3.8) is 0 Å². The summed E-state index contributed by atoms with van der Waals surface area (Å²) in [5.74, 6) is 1.69. The van der Waals surface area contributed by atoms with Gasteiger partial charge in [-0.1, -0.05) is 53.7 Å². The molecule has 0 aliphatic carbocycles. The van der Waals surface area contributed by atoms with Crippen LogP contribution in [0.3, 0.4) is 0 Å². The zero-order valence-corrected chi connectivity index (χ0v) is 16.5. The first kappa shape index (κ1) is 17.7. The number of rotatable bonds is 4. The zero-order chi connectivity index (χ0) is 19.8. The molecule has 1 aliphatic heterocycles. The molecule has 6 heteroatoms. The number of fused-ring (bicyclic) bond motifs is 1. The molecular weight excluding hydrogens is 364 g/mol. The summed E-state index contributed by atoms with van der Waals surface area (Å²) < 4.78 is 11.5. The van der Waals surface area contributed by atoms with Crippen LogP contribution < -0.4 is 4.90 Å². The Hall–Kier alpha value is -3.41. The Balaban J connectivity index is 1.47. The molecular formula is C23H22N4O2. The maximum Gasteiger partial charge on any atom is 0.253 e. The van der Waals surface area contributed by atoms with Crippen LogP contribution in [0.25, 0.3) is 22.7 Å². The molecule has 4 aromatic rings. The van der Waals surface area contributed by atoms with E-state index in [4.69, 9.17) is 8.94 Å². The number of anilines is 1. The number of para-hydroxylation sites is 1. The van der Waals surface area contributed by atoms with Crippen molar-refractivity contribution < 1.29 is 8.94 Å². The lowest BCUT2D eigenvalue weighted by Gasteiger charge is -2.36. The Labute approximate surface area is 169 Å². The van der Waals surface area contributed by atoms with Gasteiger partial charge in [0.25, 0.3) is 5.89 Å². The summed E-state index contributed by atoms with van der Waals surface area (Å²) in [5, 5.41) is 12.8. The molecule has 5 rings (SSSR count). The van der Waals surface area contributed by atoms with Gasteiger partial charge in [-0.2, -0.15) is 0 Å². The van der Waals surface area contributed by atoms with Crippen molar-refractivity contribution in [2.24, 2.45) is 0 Å². The Kier molecular flexibility index (Phi) is 4.39. The topological polar surface area (TPSA) is 68.2 Å². The summed E-state index contributed by atoms with van der Waals surface area (Å²) >= 11 is 0. The second kappa shape index (κ2) is 7.20. The summed E-state index contributed by atoms with van der Waals surface area (Å²) in [6.07, 6.45) is 2.21. The first-order valence-corrected chi connectivity index (χ1v) is 9.89. The van der Waals surface area contributed by atoms with E-state index in [1.165, 1.54) is 11.3 Å². The van der Waals surface area contributed by atoms with Gasteiger partial charge in [0.1, 0.15) is 17.0 Å². The van der Waals surface area contributed by atoms with Gasteiger partial charge < -0.3 is 13.8 Å². The van der Waals surface area contributed by atoms with E-state index in [-0.39, 0.29) is 0 Å². The van der Waals surface area contributed by atoms with Crippen LogP contribution in [-0.4, -0.2) is 21.4 Å². The van der Waals surface area contributed by atoms with Gasteiger partial charge in [0.05, 0.1) is 6.54 Å². The lowest BCUT2D eigenvalue weighted by molar-refractivity contribution is 0.399. The number of nitrogens with zero attached hydrogens (tertiary/aromatic N) is 4. The van der Waals surface area contributed by atoms with Crippen LogP contribution in [0.4, 0.5) is 5.69 Å². The van der Waals surface area contributed by atoms with Crippen molar-refractivity contribution >= 4 is 5.69 Å². The predicted molar refractivity (Wildman–Crippen MR) is 110 cm³/mol. The minimum atomic E-state index is 0.414. The SMILES string of the molecule is Cc1onc(-c2ccccc2)c1-c1nnc(CN2c3ccccc3CC[C@@H]2C)o1. The third-order valence-corrected chi connectivity index (χ3v) is 5.56. The Morgan fingerprint density at radius 2 is 1.83 bits per heavy atom. The van der Waals surface area contributed by atoms with Crippen molar-refractivity contribution in [3.8, 4) is 22.7 Å². The van der Waals surface area contributed by atoms with Crippen LogP contribution in [0, 0.1) is 6.92 Å². The van der Waals surface area contributed by atoms with Gasteiger partial charge >= 0.3 is 0 Å². The summed E-state index contributed by atoms with van der Waals surface area (Å²) in [6, 6.07) is 18.8. The van der Waals surface area contributed by atoms with E-state index in [0.717, 1.165) is 29.7 Å². The lowest BCUT2D eigenvalue weighted by Crippen LogP contribution is -2.36. The average molecular weight is 386 g/mol. The Bertz CT molecular complexity index is 1130. The van der Waals surface area contributed by atoms with Crippen LogP contribution in [0.2, 0.25) is 0 Å². The monoisotopic (exact) mass is 386 g/mol. The van der Waals surface area contributed by atoms with Gasteiger partial charge in [-0.3, -0.25) is 0 Å². The van der Waals surface area contributed by atoms with Crippen LogP contribution in [0.5, 0.6) is 0 Å². The van der Waals surface area contributed by atoms with Gasteiger partial charge in [0.2, 0.25) is 5.89 Å². The molecule has 0 bridgehead atoms. The van der Waals surface area contributed by atoms with Crippen molar-refractivity contribution in [2.45, 2.75) is 39.3 Å². The van der Waals surface area contributed by atoms with Crippen LogP contribution in [0.1, 0.15) is 30.6 Å². The molecule has 0 radical (unpaired) electrons. The van der Waals surface area contributed by atoms with E-state index in [1.807, 2.05) is 37.3 Å². The molecule has 2 aromatic carbocycles. The number of hydrogen-bond acceptors (Lipinski definition) is 6. The number of benzene rings is 2. The fourth-order valence-corrected chi connectivity index (χ4v) is 3.98. The minimum Gasteiger partial charge on any atom is -0.419 e. The highest BCUT2D eigenvalue weighted by molar-refractivity contribution is 5.77. The van der Waals surface area contributed by atoms with Gasteiger partial charge in [0, 0.05) is 17.3 Å². The van der Waals surface area contributed by atoms with E-state index in [0.29, 0.717) is 30.1 Å². The summed E-state index contributed by atoms with van der Waals surface area (Å²) in [4.78, 5) is 2.34. The molecule has 1 atom stereocenters. The first-order valence-electron chi connectivity index (χ1n) is 9.89. The van der Waals surface area contributed by atoms with Crippen LogP contribution >= 0.6 is 0 Å². The summed E-state index contributed by atoms with van der Waals surface area (Å²) in [7, 11) is 0. The Morgan fingerprint density at radius 3 is 2.69 bits per heavy atom. The second-order valence-corrected chi connectivity index (χ2v) is 7.47. The molecule has 2 aromatic heterocycles. The molecule has 0 spiro atoms. The van der Waals surface area contributed by atoms with E-state index in [1.54, 1.807) is 0 Å². The van der Waals surface area contributed by atoms with E-state index in [9.17, 15) is 0 Å². The largest absolute Gasteiger partial charge is 0.419 e. The van der Waals surface area contributed by atoms with Crippen LogP contribution in [0.15, 0.2) is 63.5 Å². The highest BCUT2D eigenvalue weighted by atomic mass is 16.5. The predicted octanol–water partition coefficient (Wildman–Crippen LogP) is 5.04. The third-order valence-electron chi connectivity index (χ3n) is 5.56. The minimum absolute atomic E-state index is 0.414. The van der Waals surface area contributed by atoms with E-state index in [2.05, 4.69) is 51.4 Å². The van der Waals surface area contributed by atoms with Crippen molar-refractivity contribution in [2.75, 3.05) is 4.90 Å². The van der Waals surface area contributed by atoms with Gasteiger partial charge in [-0.05, 0) is 38.3 Å². The standard InChI is InChI=1S/C23H22N4O2/c1-15-12-13-17-8-6-7-11-19(17)27(15)14-20-24-25-23(28-20)21-16(2)29-26-22(21)18-9-4-3-5-10-18/h3-11,15H,12-14H2,1-2H3/t15-/m0/s1. The fraction of sp³-hybridized carbons (Fsp3) is 0.261. The molecule has 6 nitrogen and oxygen atoms in total. The number of hydrogen-bond donors (Lipinski definition) is 0. The fourth-order valence-electron chi connectivity index (χ4n) is 3.98. The molecule has 0 amide bonds. The first-order chi connectivity index (χ1) is 14.2. The van der Waals surface area contributed by atoms with Crippen molar-refractivity contribution in [1.82, 2.24) is 15.4 Å². The molecule has 0 saturated carbocycles. The molecule has 0 N–H and O–H groups in total. The molecule has 0 fully saturated rings. The molecule has 0 unspecified atom stereocenters. The number of aromatic nitrogens is 3. The maximum atomic E-state index is 6.07. The van der Waals surface area contributed by atoms with Crippen LogP contribution in [-0.2, 0) is 13.0 Å². The zero-order valence-electron chi connectivity index (χ0n) is 16.5. The molecule has 146 valence electrons. The highest BCUT2D eigenvalue weighted by Crippen LogP contribution is 2.35. The molecule has 3 heterocycles. The maximum absolute atomic E-state index is 6.07. The summed E-state index contributed by atoms with van der Waals surface area (Å²) in [6.45, 7) is 4.68. The van der Waals surface area contributed by atoms with E-state index < -0.39 is 0 Å². The highest BCUT2D eigenvalue weighted by Gasteiger charge is 2.26. The molecule has 1 aliphatic rings. The van der Waals surface area contributed by atoms with Gasteiger partial charge in [0.15, 0.2) is 0 Å². The van der Waals surface area contributed by atoms with Crippen molar-refractivity contribution in [1.29, 1.82) is 0 Å². The second-order valence-electron chi connectivity index (χ2n) is 7.47. The lowest BCUT2D eigenvalue weighted by atomic mass is 9.97. The Morgan fingerprint density at radius 1 is 1.03 bits per heavy atom. The van der Waals surface area contributed by atoms with Gasteiger partial charge in [-0.15, -0.1) is 10.2 Å². The molecule has 29 heavy (non-hydrogen) atoms. The smallest absolute Gasteiger partial charge is 0.253 e. The summed E-state index contributed by atoms with van der Waals surface area (Å²) in [5.41, 5.74) is 5.04. The number of aryl methyl sites for hydroxylation is 2. The van der Waals surface area contributed by atoms with Gasteiger partial charge in [-0.25, -0.2) is 0 Å². The van der Waals surface area contributed by atoms with Crippen molar-refractivity contribution in [3.05, 3.63) is 71.8 Å².